The van der Waals surface area contributed by atoms with Crippen LogP contribution in [0.25, 0.3) is 0 Å². The molecule has 0 bridgehead atoms. The Bertz CT molecular complexity index is 242. The molecule has 0 atom stereocenters. The second-order valence-electron chi connectivity index (χ2n) is 3.88. The molecule has 0 heterocycles. The molecule has 5 heteroatoms. The van der Waals surface area contributed by atoms with Crippen molar-refractivity contribution in [3.8, 4) is 0 Å². The third-order valence-electron chi connectivity index (χ3n) is 2.32. The number of hydrogen-bond acceptors (Lipinski definition) is 2. The molecule has 1 N–H and O–H groups in total. The summed E-state index contributed by atoms with van der Waals surface area (Å²) in [4.78, 5) is 24.2. The number of halogens is 1. The van der Waals surface area contributed by atoms with Crippen LogP contribution in [-0.4, -0.2) is 35.8 Å². The molecule has 15 heavy (non-hydrogen) atoms. The summed E-state index contributed by atoms with van der Waals surface area (Å²) in [5.74, 6) is 0.0294. The van der Waals surface area contributed by atoms with Gasteiger partial charge in [0.25, 0.3) is 0 Å². The molecule has 4 nitrogen and oxygen atoms in total. The number of alkyl halides is 1. The Morgan fingerprint density at radius 2 is 2.13 bits per heavy atom. The number of rotatable bonds is 5. The summed E-state index contributed by atoms with van der Waals surface area (Å²) in [6.45, 7) is 3.46. The number of nitrogens with zero attached hydrogens (tertiary/aromatic N) is 1. The van der Waals surface area contributed by atoms with Crippen molar-refractivity contribution in [2.24, 2.45) is 5.92 Å². The lowest BCUT2D eigenvalue weighted by Gasteiger charge is -2.21. The first kappa shape index (κ1) is 12.3. The molecule has 1 aliphatic rings. The van der Waals surface area contributed by atoms with Gasteiger partial charge in [0.15, 0.2) is 0 Å². The van der Waals surface area contributed by atoms with Crippen molar-refractivity contribution in [1.29, 1.82) is 0 Å². The van der Waals surface area contributed by atoms with Gasteiger partial charge in [-0.15, -0.1) is 11.6 Å². The molecule has 0 radical (unpaired) electrons. The van der Waals surface area contributed by atoms with Crippen LogP contribution < -0.4 is 5.32 Å². The molecule has 1 saturated carbocycles. The van der Waals surface area contributed by atoms with Crippen LogP contribution in [0.1, 0.15) is 26.2 Å². The molecule has 0 spiro atoms. The van der Waals surface area contributed by atoms with Crippen LogP contribution in [0.4, 0.5) is 4.79 Å². The zero-order valence-corrected chi connectivity index (χ0v) is 9.72. The highest BCUT2D eigenvalue weighted by Gasteiger charge is 2.26. The van der Waals surface area contributed by atoms with Crippen molar-refractivity contribution in [1.82, 2.24) is 10.2 Å². The maximum atomic E-state index is 11.6. The fourth-order valence-corrected chi connectivity index (χ4v) is 1.46. The van der Waals surface area contributed by atoms with Gasteiger partial charge in [-0.3, -0.25) is 10.1 Å². The van der Waals surface area contributed by atoms with Crippen molar-refractivity contribution in [2.45, 2.75) is 26.2 Å². The van der Waals surface area contributed by atoms with Crippen molar-refractivity contribution in [2.75, 3.05) is 19.0 Å². The largest absolute Gasteiger partial charge is 0.324 e. The molecule has 0 aromatic rings. The fraction of sp³-hybridized carbons (Fsp3) is 0.800. The maximum Gasteiger partial charge on any atom is 0.324 e. The van der Waals surface area contributed by atoms with Crippen molar-refractivity contribution < 1.29 is 9.59 Å². The number of nitrogens with one attached hydrogen (secondary N) is 1. The lowest BCUT2D eigenvalue weighted by molar-refractivity contribution is -0.117. The van der Waals surface area contributed by atoms with Gasteiger partial charge in [0, 0.05) is 13.1 Å². The summed E-state index contributed by atoms with van der Waals surface area (Å²) < 4.78 is 0. The highest BCUT2D eigenvalue weighted by atomic mass is 35.5. The van der Waals surface area contributed by atoms with Crippen molar-refractivity contribution >= 4 is 23.5 Å². The lowest BCUT2D eigenvalue weighted by Crippen LogP contribution is -2.44. The average Bonchev–Trinajstić information content (AvgIpc) is 3.00. The average molecular weight is 233 g/mol. The minimum Gasteiger partial charge on any atom is -0.324 e. The van der Waals surface area contributed by atoms with Crippen LogP contribution in [0.15, 0.2) is 0 Å². The van der Waals surface area contributed by atoms with Gasteiger partial charge in [-0.25, -0.2) is 4.79 Å². The van der Waals surface area contributed by atoms with E-state index in [4.69, 9.17) is 11.6 Å². The SMILES string of the molecule is CCCN(CC1CC1)C(=O)NC(=O)CCl. The number of amides is 3. The maximum absolute atomic E-state index is 11.6. The molecule has 0 aromatic heterocycles. The molecular formula is C10H17ClN2O2. The lowest BCUT2D eigenvalue weighted by atomic mass is 10.3. The number of hydrogen-bond donors (Lipinski definition) is 1. The summed E-state index contributed by atoms with van der Waals surface area (Å²) in [6.07, 6.45) is 3.28. The summed E-state index contributed by atoms with van der Waals surface area (Å²) in [6, 6.07) is -0.311. The molecule has 0 saturated heterocycles. The third-order valence-corrected chi connectivity index (χ3v) is 2.57. The monoisotopic (exact) mass is 232 g/mol. The van der Waals surface area contributed by atoms with Gasteiger partial charge in [0.05, 0.1) is 0 Å². The minimum atomic E-state index is -0.432. The summed E-state index contributed by atoms with van der Waals surface area (Å²) in [5.41, 5.74) is 0. The molecule has 1 aliphatic carbocycles. The molecule has 86 valence electrons. The molecule has 0 aliphatic heterocycles. The van der Waals surface area contributed by atoms with Crippen molar-refractivity contribution in [3.63, 3.8) is 0 Å². The predicted molar refractivity (Wildman–Crippen MR) is 58.8 cm³/mol. The Morgan fingerprint density at radius 3 is 2.60 bits per heavy atom. The first-order chi connectivity index (χ1) is 7.17. The van der Waals surface area contributed by atoms with Gasteiger partial charge in [0.2, 0.25) is 5.91 Å². The van der Waals surface area contributed by atoms with E-state index in [9.17, 15) is 9.59 Å². The standard InChI is InChI=1S/C10H17ClN2O2/c1-2-5-13(7-8-3-4-8)10(15)12-9(14)6-11/h8H,2-7H2,1H3,(H,12,14,15). The topological polar surface area (TPSA) is 49.4 Å². The fourth-order valence-electron chi connectivity index (χ4n) is 1.39. The Hall–Kier alpha value is -0.770. The van der Waals surface area contributed by atoms with E-state index in [1.165, 1.54) is 12.8 Å². The molecule has 1 rings (SSSR count). The quantitative estimate of drug-likeness (QED) is 0.732. The summed E-state index contributed by atoms with van der Waals surface area (Å²) in [5, 5.41) is 2.26. The number of carbonyl (C=O) groups excluding carboxylic acids is 2. The zero-order chi connectivity index (χ0) is 11.3. The molecule has 3 amide bonds. The number of urea groups is 1. The van der Waals surface area contributed by atoms with E-state index in [-0.39, 0.29) is 11.9 Å². The molecule has 0 aromatic carbocycles. The van der Waals surface area contributed by atoms with Crippen LogP contribution in [0.3, 0.4) is 0 Å². The molecule has 0 unspecified atom stereocenters. The van der Waals surface area contributed by atoms with Crippen LogP contribution in [0.2, 0.25) is 0 Å². The van der Waals surface area contributed by atoms with Crippen LogP contribution >= 0.6 is 11.6 Å². The van der Waals surface area contributed by atoms with Gasteiger partial charge in [-0.05, 0) is 25.2 Å². The minimum absolute atomic E-state index is 0.171. The first-order valence-corrected chi connectivity index (χ1v) is 5.85. The van der Waals surface area contributed by atoms with Gasteiger partial charge < -0.3 is 4.90 Å². The summed E-state index contributed by atoms with van der Waals surface area (Å²) >= 11 is 5.31. The van der Waals surface area contributed by atoms with E-state index in [0.29, 0.717) is 12.5 Å². The number of imide groups is 1. The van der Waals surface area contributed by atoms with Gasteiger partial charge >= 0.3 is 6.03 Å². The number of carbonyl (C=O) groups is 2. The second-order valence-corrected chi connectivity index (χ2v) is 4.14. The normalized spacial score (nSPS) is 14.8. The van der Waals surface area contributed by atoms with E-state index >= 15 is 0 Å². The predicted octanol–water partition coefficient (Wildman–Crippen LogP) is 1.58. The Labute approximate surface area is 95.0 Å². The van der Waals surface area contributed by atoms with Gasteiger partial charge in [-0.2, -0.15) is 0 Å². The van der Waals surface area contributed by atoms with E-state index in [2.05, 4.69) is 5.32 Å². The summed E-state index contributed by atoms with van der Waals surface area (Å²) in [7, 11) is 0. The zero-order valence-electron chi connectivity index (χ0n) is 8.96. The van der Waals surface area contributed by atoms with Gasteiger partial charge in [0.1, 0.15) is 5.88 Å². The van der Waals surface area contributed by atoms with E-state index in [1.54, 1.807) is 4.90 Å². The Morgan fingerprint density at radius 1 is 1.47 bits per heavy atom. The van der Waals surface area contributed by atoms with Gasteiger partial charge in [-0.1, -0.05) is 6.92 Å². The third kappa shape index (κ3) is 4.51. The van der Waals surface area contributed by atoms with Crippen LogP contribution in [0, 0.1) is 5.92 Å². The van der Waals surface area contributed by atoms with Crippen LogP contribution in [0.5, 0.6) is 0 Å². The highest BCUT2D eigenvalue weighted by Crippen LogP contribution is 2.29. The van der Waals surface area contributed by atoms with E-state index in [0.717, 1.165) is 13.0 Å². The first-order valence-electron chi connectivity index (χ1n) is 5.32. The Kier molecular flexibility index (Phi) is 4.88. The Balaban J connectivity index is 2.38. The van der Waals surface area contributed by atoms with E-state index < -0.39 is 5.91 Å². The van der Waals surface area contributed by atoms with E-state index in [1.807, 2.05) is 6.92 Å². The highest BCUT2D eigenvalue weighted by molar-refractivity contribution is 6.28. The molecular weight excluding hydrogens is 216 g/mol. The second kappa shape index (κ2) is 5.95. The molecule has 1 fully saturated rings. The van der Waals surface area contributed by atoms with Crippen molar-refractivity contribution in [3.05, 3.63) is 0 Å². The van der Waals surface area contributed by atoms with Crippen LogP contribution in [-0.2, 0) is 4.79 Å². The smallest absolute Gasteiger partial charge is 0.324 e.